The van der Waals surface area contributed by atoms with Crippen LogP contribution in [0.2, 0.25) is 0 Å². The predicted molar refractivity (Wildman–Crippen MR) is 92.9 cm³/mol. The van der Waals surface area contributed by atoms with Crippen molar-refractivity contribution in [2.75, 3.05) is 24.5 Å². The van der Waals surface area contributed by atoms with E-state index >= 15 is 0 Å². The van der Waals surface area contributed by atoms with Gasteiger partial charge in [-0.1, -0.05) is 40.2 Å². The van der Waals surface area contributed by atoms with Crippen LogP contribution in [-0.4, -0.2) is 35.6 Å². The number of rotatable bonds is 3. The van der Waals surface area contributed by atoms with Crippen LogP contribution in [0, 0.1) is 5.92 Å². The van der Waals surface area contributed by atoms with Gasteiger partial charge in [-0.2, -0.15) is 0 Å². The summed E-state index contributed by atoms with van der Waals surface area (Å²) in [6.45, 7) is 4.51. The minimum absolute atomic E-state index is 0.661. The Kier molecular flexibility index (Phi) is 3.89. The molecule has 1 aromatic heterocycles. The molecule has 2 atom stereocenters. The Labute approximate surface area is 140 Å². The van der Waals surface area contributed by atoms with Crippen LogP contribution < -0.4 is 4.90 Å². The molecule has 1 aromatic carbocycles. The highest BCUT2D eigenvalue weighted by Gasteiger charge is 2.41. The van der Waals surface area contributed by atoms with Gasteiger partial charge in [-0.15, -0.1) is 0 Å². The van der Waals surface area contributed by atoms with Crippen LogP contribution in [0.25, 0.3) is 0 Å². The summed E-state index contributed by atoms with van der Waals surface area (Å²) >= 11 is 3.68. The summed E-state index contributed by atoms with van der Waals surface area (Å²) in [5.74, 6) is 1.90. The molecule has 2 aliphatic rings. The number of hydrogen-bond donors (Lipinski definition) is 0. The van der Waals surface area contributed by atoms with Crippen LogP contribution >= 0.6 is 15.9 Å². The van der Waals surface area contributed by atoms with Crippen molar-refractivity contribution in [1.29, 1.82) is 0 Å². The Morgan fingerprint density at radius 2 is 1.95 bits per heavy atom. The molecule has 2 aliphatic heterocycles. The van der Waals surface area contributed by atoms with Crippen molar-refractivity contribution in [1.82, 2.24) is 9.88 Å². The number of pyridine rings is 1. The normalized spacial score (nSPS) is 24.7. The van der Waals surface area contributed by atoms with Crippen LogP contribution in [0.5, 0.6) is 0 Å². The van der Waals surface area contributed by atoms with Crippen molar-refractivity contribution >= 4 is 21.7 Å². The van der Waals surface area contributed by atoms with Gasteiger partial charge >= 0.3 is 0 Å². The molecule has 3 heterocycles. The summed E-state index contributed by atoms with van der Waals surface area (Å²) in [4.78, 5) is 9.60. The van der Waals surface area contributed by atoms with Crippen molar-refractivity contribution < 1.29 is 0 Å². The quantitative estimate of drug-likeness (QED) is 0.837. The topological polar surface area (TPSA) is 19.4 Å². The molecule has 4 rings (SSSR count). The van der Waals surface area contributed by atoms with Crippen molar-refractivity contribution in [2.45, 2.75) is 19.0 Å². The molecule has 22 heavy (non-hydrogen) atoms. The van der Waals surface area contributed by atoms with Crippen LogP contribution in [0.15, 0.2) is 53.1 Å². The van der Waals surface area contributed by atoms with Crippen LogP contribution in [0.1, 0.15) is 12.0 Å². The molecule has 2 saturated heterocycles. The van der Waals surface area contributed by atoms with E-state index in [1.807, 2.05) is 12.3 Å². The van der Waals surface area contributed by atoms with Gasteiger partial charge in [0.2, 0.25) is 0 Å². The summed E-state index contributed by atoms with van der Waals surface area (Å²) in [6, 6.07) is 15.4. The maximum absolute atomic E-state index is 4.51. The summed E-state index contributed by atoms with van der Waals surface area (Å²) in [5, 5.41) is 0. The van der Waals surface area contributed by atoms with Crippen molar-refractivity contribution in [2.24, 2.45) is 5.92 Å². The number of halogens is 1. The highest BCUT2D eigenvalue weighted by molar-refractivity contribution is 9.10. The minimum Gasteiger partial charge on any atom is -0.355 e. The van der Waals surface area contributed by atoms with Gasteiger partial charge in [0.1, 0.15) is 5.82 Å². The van der Waals surface area contributed by atoms with E-state index < -0.39 is 0 Å². The molecule has 0 aliphatic carbocycles. The van der Waals surface area contributed by atoms with Crippen LogP contribution in [-0.2, 0) is 6.54 Å². The summed E-state index contributed by atoms with van der Waals surface area (Å²) in [6.07, 6.45) is 3.20. The zero-order valence-corrected chi connectivity index (χ0v) is 14.1. The fourth-order valence-corrected chi connectivity index (χ4v) is 4.23. The lowest BCUT2D eigenvalue weighted by molar-refractivity contribution is 0.245. The van der Waals surface area contributed by atoms with Gasteiger partial charge in [-0.05, 0) is 42.6 Å². The average molecular weight is 358 g/mol. The summed E-state index contributed by atoms with van der Waals surface area (Å²) in [5.41, 5.74) is 1.39. The number of anilines is 1. The number of hydrogen-bond acceptors (Lipinski definition) is 3. The lowest BCUT2D eigenvalue weighted by Crippen LogP contribution is -2.35. The number of benzene rings is 1. The zero-order valence-electron chi connectivity index (χ0n) is 12.5. The van der Waals surface area contributed by atoms with Crippen molar-refractivity contribution in [3.63, 3.8) is 0 Å². The van der Waals surface area contributed by atoms with E-state index in [1.165, 1.54) is 23.0 Å². The molecule has 2 fully saturated rings. The fourth-order valence-electron chi connectivity index (χ4n) is 3.82. The van der Waals surface area contributed by atoms with Gasteiger partial charge in [0.15, 0.2) is 0 Å². The Morgan fingerprint density at radius 1 is 1.09 bits per heavy atom. The molecule has 2 unspecified atom stereocenters. The van der Waals surface area contributed by atoms with Crippen molar-refractivity contribution in [3.8, 4) is 0 Å². The van der Waals surface area contributed by atoms with E-state index in [9.17, 15) is 0 Å². The number of fused-ring (bicyclic) bond motifs is 1. The third-order valence-corrected chi connectivity index (χ3v) is 5.74. The highest BCUT2D eigenvalue weighted by Crippen LogP contribution is 2.34. The molecule has 0 amide bonds. The fraction of sp³-hybridized carbons (Fsp3) is 0.389. The van der Waals surface area contributed by atoms with Gasteiger partial charge in [-0.3, -0.25) is 4.90 Å². The van der Waals surface area contributed by atoms with Gasteiger partial charge < -0.3 is 4.90 Å². The van der Waals surface area contributed by atoms with E-state index in [0.717, 1.165) is 31.4 Å². The Morgan fingerprint density at radius 3 is 2.77 bits per heavy atom. The third-order valence-electron chi connectivity index (χ3n) is 4.97. The smallest absolute Gasteiger partial charge is 0.128 e. The van der Waals surface area contributed by atoms with Crippen molar-refractivity contribution in [3.05, 3.63) is 58.7 Å². The molecule has 114 valence electrons. The SMILES string of the molecule is Brc1ccccc1CN1CCC2CN(c3ccccn3)CC21. The number of nitrogens with zero attached hydrogens (tertiary/aromatic N) is 3. The van der Waals surface area contributed by atoms with E-state index in [1.54, 1.807) is 0 Å². The Balaban J connectivity index is 1.48. The maximum Gasteiger partial charge on any atom is 0.128 e. The first-order chi connectivity index (χ1) is 10.8. The number of aromatic nitrogens is 1. The second kappa shape index (κ2) is 6.01. The highest BCUT2D eigenvalue weighted by atomic mass is 79.9. The van der Waals surface area contributed by atoms with Crippen LogP contribution in [0.4, 0.5) is 5.82 Å². The monoisotopic (exact) mass is 357 g/mol. The van der Waals surface area contributed by atoms with E-state index in [0.29, 0.717) is 6.04 Å². The predicted octanol–water partition coefficient (Wildman–Crippen LogP) is 3.55. The molecule has 3 nitrogen and oxygen atoms in total. The second-order valence-corrected chi connectivity index (χ2v) is 7.13. The lowest BCUT2D eigenvalue weighted by Gasteiger charge is -2.25. The van der Waals surface area contributed by atoms with E-state index in [-0.39, 0.29) is 0 Å². The summed E-state index contributed by atoms with van der Waals surface area (Å²) < 4.78 is 1.22. The molecular formula is C18H20BrN3. The largest absolute Gasteiger partial charge is 0.355 e. The molecular weight excluding hydrogens is 338 g/mol. The molecule has 0 bridgehead atoms. The minimum atomic E-state index is 0.661. The van der Waals surface area contributed by atoms with Gasteiger partial charge in [0, 0.05) is 36.3 Å². The van der Waals surface area contributed by atoms with Gasteiger partial charge in [0.25, 0.3) is 0 Å². The lowest BCUT2D eigenvalue weighted by atomic mass is 10.0. The molecule has 0 spiro atoms. The van der Waals surface area contributed by atoms with Crippen LogP contribution in [0.3, 0.4) is 0 Å². The first-order valence-electron chi connectivity index (χ1n) is 7.95. The second-order valence-electron chi connectivity index (χ2n) is 6.27. The first kappa shape index (κ1) is 14.2. The summed E-state index contributed by atoms with van der Waals surface area (Å²) in [7, 11) is 0. The maximum atomic E-state index is 4.51. The molecule has 0 radical (unpaired) electrons. The molecule has 0 saturated carbocycles. The molecule has 4 heteroatoms. The average Bonchev–Trinajstić information content (AvgIpc) is 3.12. The third kappa shape index (κ3) is 2.66. The van der Waals surface area contributed by atoms with Gasteiger partial charge in [-0.25, -0.2) is 4.98 Å². The molecule has 2 aromatic rings. The van der Waals surface area contributed by atoms with E-state index in [4.69, 9.17) is 0 Å². The zero-order chi connectivity index (χ0) is 14.9. The van der Waals surface area contributed by atoms with E-state index in [2.05, 4.69) is 67.1 Å². The Hall–Kier alpha value is -1.39. The first-order valence-corrected chi connectivity index (χ1v) is 8.74. The van der Waals surface area contributed by atoms with Gasteiger partial charge in [0.05, 0.1) is 0 Å². The number of likely N-dealkylation sites (tertiary alicyclic amines) is 1. The molecule has 0 N–H and O–H groups in total. The standard InChI is InChI=1S/C18H20BrN3/c19-16-6-2-1-5-14(16)11-21-10-8-15-12-22(13-17(15)21)18-7-3-4-9-20-18/h1-7,9,15,17H,8,10-13H2. The Bertz CT molecular complexity index is 646.